The normalized spacial score (nSPS) is 11.6. The number of nitrogens with one attached hydrogen (secondary N) is 2. The molecule has 0 aliphatic carbocycles. The Morgan fingerprint density at radius 3 is 2.52 bits per heavy atom. The van der Waals surface area contributed by atoms with Gasteiger partial charge in [0.15, 0.2) is 0 Å². The van der Waals surface area contributed by atoms with E-state index in [1.54, 1.807) is 13.4 Å². The van der Waals surface area contributed by atoms with Gasteiger partial charge in [-0.15, -0.1) is 0 Å². The Morgan fingerprint density at radius 1 is 0.975 bits per heavy atom. The van der Waals surface area contributed by atoms with E-state index in [-0.39, 0.29) is 5.48 Å². The van der Waals surface area contributed by atoms with E-state index in [2.05, 4.69) is 20.6 Å². The number of ether oxygens (including phenoxy) is 2. The molecule has 3 aromatic carbocycles. The summed E-state index contributed by atoms with van der Waals surface area (Å²) in [6, 6.07) is 25.6. The molecule has 40 heavy (non-hydrogen) atoms. The molecule has 5 aromatic rings. The number of benzene rings is 3. The zero-order valence-corrected chi connectivity index (χ0v) is 23.2. The maximum Gasteiger partial charge on any atom is 0.141 e. The zero-order chi connectivity index (χ0) is 27.0. The number of fused-ring (bicyclic) bond motifs is 1. The van der Waals surface area contributed by atoms with E-state index >= 15 is 0 Å². The molecule has 0 amide bonds. The standard InChI is InChI=1S/C30H30N4O4S.H2O/c1-36-29-17-27-25(16-26(29)28-13-12-24(38-28)18-31-14-15-39(2)35)30(33-20-32-27)34-22-8-10-23(11-9-22)37-19-21-6-4-3-5-7-21;/h3-13,16-17,20,31H,14-15,18-19H2,1-2H3,(H,32,33,34);1H2. The Morgan fingerprint density at radius 2 is 1.77 bits per heavy atom. The molecule has 1 atom stereocenters. The molecule has 1 unspecified atom stereocenters. The summed E-state index contributed by atoms with van der Waals surface area (Å²) in [7, 11) is 0.801. The molecule has 5 rings (SSSR count). The van der Waals surface area contributed by atoms with Crippen molar-refractivity contribution in [3.8, 4) is 22.8 Å². The smallest absolute Gasteiger partial charge is 0.141 e. The van der Waals surface area contributed by atoms with Crippen molar-refractivity contribution in [3.63, 3.8) is 0 Å². The molecule has 0 saturated heterocycles. The van der Waals surface area contributed by atoms with Gasteiger partial charge < -0.3 is 30.0 Å². The van der Waals surface area contributed by atoms with Gasteiger partial charge in [0, 0.05) is 46.5 Å². The molecule has 4 N–H and O–H groups in total. The minimum Gasteiger partial charge on any atom is -0.496 e. The van der Waals surface area contributed by atoms with Crippen molar-refractivity contribution in [2.45, 2.75) is 13.2 Å². The van der Waals surface area contributed by atoms with Crippen molar-refractivity contribution in [1.29, 1.82) is 0 Å². The highest BCUT2D eigenvalue weighted by Gasteiger charge is 2.15. The van der Waals surface area contributed by atoms with E-state index in [9.17, 15) is 4.21 Å². The van der Waals surface area contributed by atoms with E-state index in [1.165, 1.54) is 6.33 Å². The molecule has 0 aliphatic rings. The fraction of sp³-hybridized carbons (Fsp3) is 0.200. The molecule has 2 aromatic heterocycles. The van der Waals surface area contributed by atoms with Gasteiger partial charge in [-0.1, -0.05) is 30.3 Å². The predicted octanol–water partition coefficient (Wildman–Crippen LogP) is 4.86. The zero-order valence-electron chi connectivity index (χ0n) is 22.3. The van der Waals surface area contributed by atoms with Crippen LogP contribution in [0.1, 0.15) is 11.3 Å². The second kappa shape index (κ2) is 13.7. The quantitative estimate of drug-likeness (QED) is 0.207. The van der Waals surface area contributed by atoms with E-state index in [0.717, 1.165) is 39.2 Å². The van der Waals surface area contributed by atoms with Crippen LogP contribution in [0.3, 0.4) is 0 Å². The molecule has 208 valence electrons. The lowest BCUT2D eigenvalue weighted by Crippen LogP contribution is -2.19. The van der Waals surface area contributed by atoms with Crippen molar-refractivity contribution in [1.82, 2.24) is 15.3 Å². The number of anilines is 2. The third kappa shape index (κ3) is 7.23. The second-order valence-electron chi connectivity index (χ2n) is 8.94. The van der Waals surface area contributed by atoms with Crippen LogP contribution < -0.4 is 20.1 Å². The number of nitrogens with zero attached hydrogens (tertiary/aromatic N) is 2. The van der Waals surface area contributed by atoms with Gasteiger partial charge in [0.1, 0.15) is 41.8 Å². The Kier molecular flexibility index (Phi) is 9.85. The van der Waals surface area contributed by atoms with Crippen LogP contribution >= 0.6 is 0 Å². The van der Waals surface area contributed by atoms with Gasteiger partial charge in [-0.05, 0) is 48.0 Å². The molecule has 0 bridgehead atoms. The Bertz CT molecular complexity index is 1560. The molecule has 2 heterocycles. The highest BCUT2D eigenvalue weighted by molar-refractivity contribution is 7.84. The van der Waals surface area contributed by atoms with Crippen LogP contribution in [0.25, 0.3) is 22.2 Å². The first kappa shape index (κ1) is 28.8. The SMILES string of the molecule is COc1cc2ncnc(Nc3ccc(OCc4ccccc4)cc3)c2cc1-c1ccc(CNCCS(C)=O)o1.O. The minimum absolute atomic E-state index is 0. The lowest BCUT2D eigenvalue weighted by Gasteiger charge is -2.13. The number of aromatic nitrogens is 2. The summed E-state index contributed by atoms with van der Waals surface area (Å²) in [4.78, 5) is 8.95. The van der Waals surface area contributed by atoms with Gasteiger partial charge in [0.2, 0.25) is 0 Å². The summed E-state index contributed by atoms with van der Waals surface area (Å²) in [5.74, 6) is 4.18. The van der Waals surface area contributed by atoms with E-state index < -0.39 is 10.8 Å². The molecule has 9 nitrogen and oxygen atoms in total. The molecule has 0 spiro atoms. The van der Waals surface area contributed by atoms with Gasteiger partial charge in [-0.25, -0.2) is 9.97 Å². The maximum absolute atomic E-state index is 11.3. The number of furan rings is 1. The van der Waals surface area contributed by atoms with Crippen molar-refractivity contribution >= 4 is 33.2 Å². The van der Waals surface area contributed by atoms with Crippen molar-refractivity contribution < 1.29 is 23.6 Å². The Labute approximate surface area is 235 Å². The molecular formula is C30H32N4O5S. The van der Waals surface area contributed by atoms with E-state index in [1.807, 2.05) is 78.9 Å². The van der Waals surface area contributed by atoms with Crippen LogP contribution in [0.2, 0.25) is 0 Å². The van der Waals surface area contributed by atoms with Crippen LogP contribution in [-0.4, -0.2) is 45.3 Å². The summed E-state index contributed by atoms with van der Waals surface area (Å²) in [5, 5.41) is 7.49. The second-order valence-corrected chi connectivity index (χ2v) is 10.5. The van der Waals surface area contributed by atoms with Crippen molar-refractivity contribution in [3.05, 3.63) is 96.5 Å². The molecule has 10 heteroatoms. The van der Waals surface area contributed by atoms with Crippen LogP contribution in [0.4, 0.5) is 11.5 Å². The van der Waals surface area contributed by atoms with Crippen LogP contribution in [0.5, 0.6) is 11.5 Å². The fourth-order valence-electron chi connectivity index (χ4n) is 4.10. The third-order valence-electron chi connectivity index (χ3n) is 6.11. The first-order valence-electron chi connectivity index (χ1n) is 12.6. The molecule has 0 radical (unpaired) electrons. The third-order valence-corrected chi connectivity index (χ3v) is 6.89. The predicted molar refractivity (Wildman–Crippen MR) is 159 cm³/mol. The summed E-state index contributed by atoms with van der Waals surface area (Å²) in [6.45, 7) is 1.72. The molecular weight excluding hydrogens is 528 g/mol. The van der Waals surface area contributed by atoms with Crippen molar-refractivity contribution in [2.75, 3.05) is 31.0 Å². The topological polar surface area (TPSA) is 130 Å². The average molecular weight is 561 g/mol. The molecule has 0 aliphatic heterocycles. The number of hydrogen-bond donors (Lipinski definition) is 2. The van der Waals surface area contributed by atoms with Crippen LogP contribution in [-0.2, 0) is 24.0 Å². The van der Waals surface area contributed by atoms with Crippen LogP contribution in [0, 0.1) is 0 Å². The van der Waals surface area contributed by atoms with Crippen LogP contribution in [0.15, 0.2) is 89.6 Å². The molecule has 0 saturated carbocycles. The lowest BCUT2D eigenvalue weighted by atomic mass is 10.1. The first-order valence-corrected chi connectivity index (χ1v) is 14.3. The van der Waals surface area contributed by atoms with E-state index in [0.29, 0.717) is 42.8 Å². The first-order chi connectivity index (χ1) is 19.1. The van der Waals surface area contributed by atoms with Gasteiger partial charge >= 0.3 is 0 Å². The largest absolute Gasteiger partial charge is 0.496 e. The van der Waals surface area contributed by atoms with Gasteiger partial charge in [-0.2, -0.15) is 0 Å². The summed E-state index contributed by atoms with van der Waals surface area (Å²) < 4.78 is 28.9. The Hall–Kier alpha value is -4.25. The van der Waals surface area contributed by atoms with Gasteiger partial charge in [0.05, 0.1) is 24.7 Å². The maximum atomic E-state index is 11.3. The van der Waals surface area contributed by atoms with E-state index in [4.69, 9.17) is 13.9 Å². The highest BCUT2D eigenvalue weighted by Crippen LogP contribution is 2.37. The van der Waals surface area contributed by atoms with Crippen molar-refractivity contribution in [2.24, 2.45) is 0 Å². The summed E-state index contributed by atoms with van der Waals surface area (Å²) >= 11 is 0. The average Bonchev–Trinajstić information content (AvgIpc) is 3.44. The Balaban J connectivity index is 0.00000370. The number of rotatable bonds is 12. The monoisotopic (exact) mass is 560 g/mol. The number of hydrogen-bond acceptors (Lipinski definition) is 8. The minimum atomic E-state index is -0.826. The molecule has 0 fully saturated rings. The summed E-state index contributed by atoms with van der Waals surface area (Å²) in [5.41, 5.74) is 3.54. The number of methoxy groups -OCH3 is 1. The fourth-order valence-corrected chi connectivity index (χ4v) is 4.53. The summed E-state index contributed by atoms with van der Waals surface area (Å²) in [6.07, 6.45) is 3.23. The van der Waals surface area contributed by atoms with Gasteiger partial charge in [-0.3, -0.25) is 4.21 Å². The van der Waals surface area contributed by atoms with Gasteiger partial charge in [0.25, 0.3) is 0 Å². The lowest BCUT2D eigenvalue weighted by molar-refractivity contribution is 0.306. The highest BCUT2D eigenvalue weighted by atomic mass is 32.2.